The van der Waals surface area contributed by atoms with Gasteiger partial charge < -0.3 is 4.90 Å². The van der Waals surface area contributed by atoms with Crippen LogP contribution in [0.15, 0.2) is 47.8 Å². The molecule has 0 spiro atoms. The molecule has 168 valence electrons. The molecule has 3 heterocycles. The Hall–Kier alpha value is -2.88. The second-order valence-electron chi connectivity index (χ2n) is 7.67. The summed E-state index contributed by atoms with van der Waals surface area (Å²) >= 11 is 8.90. The quantitative estimate of drug-likeness (QED) is 0.383. The first-order valence-electron chi connectivity index (χ1n) is 10.3. The number of amides is 2. The van der Waals surface area contributed by atoms with E-state index in [0.29, 0.717) is 36.8 Å². The molecule has 4 aromatic rings. The van der Waals surface area contributed by atoms with Crippen LogP contribution < -0.4 is 5.32 Å². The van der Waals surface area contributed by atoms with E-state index in [0.717, 1.165) is 15.2 Å². The van der Waals surface area contributed by atoms with Crippen molar-refractivity contribution in [2.45, 2.75) is 18.8 Å². The molecule has 1 fully saturated rings. The van der Waals surface area contributed by atoms with E-state index in [9.17, 15) is 14.0 Å². The molecule has 2 aromatic carbocycles. The number of hydrogen-bond acceptors (Lipinski definition) is 6. The Bertz CT molecular complexity index is 1290. The van der Waals surface area contributed by atoms with Gasteiger partial charge in [0.05, 0.1) is 25.8 Å². The number of piperidine rings is 1. The largest absolute Gasteiger partial charge is 0.338 e. The molecule has 1 N–H and O–H groups in total. The summed E-state index contributed by atoms with van der Waals surface area (Å²) in [6.07, 6.45) is 1.37. The van der Waals surface area contributed by atoms with E-state index in [1.54, 1.807) is 10.3 Å². The number of anilines is 1. The summed E-state index contributed by atoms with van der Waals surface area (Å²) in [6.45, 7) is 0.946. The lowest BCUT2D eigenvalue weighted by atomic mass is 9.97. The Kier molecular flexibility index (Phi) is 6.09. The molecule has 2 amide bonds. The van der Waals surface area contributed by atoms with Crippen LogP contribution in [0.3, 0.4) is 0 Å². The monoisotopic (exact) mass is 500 g/mol. The van der Waals surface area contributed by atoms with E-state index >= 15 is 0 Å². The summed E-state index contributed by atoms with van der Waals surface area (Å²) in [5.41, 5.74) is 1.11. The van der Waals surface area contributed by atoms with Gasteiger partial charge in [0, 0.05) is 24.4 Å². The highest BCUT2D eigenvalue weighted by Gasteiger charge is 2.29. The number of fused-ring (bicyclic) bond motifs is 1. The van der Waals surface area contributed by atoms with E-state index in [4.69, 9.17) is 11.6 Å². The zero-order chi connectivity index (χ0) is 22.9. The van der Waals surface area contributed by atoms with Crippen molar-refractivity contribution in [2.24, 2.45) is 0 Å². The maximum absolute atomic E-state index is 14.1. The van der Waals surface area contributed by atoms with Gasteiger partial charge in [0.15, 0.2) is 5.13 Å². The summed E-state index contributed by atoms with van der Waals surface area (Å²) in [6, 6.07) is 11.9. The lowest BCUT2D eigenvalue weighted by molar-refractivity contribution is 0.0708. The Morgan fingerprint density at radius 2 is 1.88 bits per heavy atom. The molecular formula is C23H18ClFN4O2S2. The normalized spacial score (nSPS) is 14.5. The van der Waals surface area contributed by atoms with Gasteiger partial charge in [-0.15, -0.1) is 11.3 Å². The molecule has 2 aromatic heterocycles. The first kappa shape index (κ1) is 21.9. The summed E-state index contributed by atoms with van der Waals surface area (Å²) in [7, 11) is 0. The van der Waals surface area contributed by atoms with Gasteiger partial charge in [-0.05, 0) is 37.1 Å². The number of carbonyl (C=O) groups excluding carboxylic acids is 2. The molecule has 10 heteroatoms. The van der Waals surface area contributed by atoms with Gasteiger partial charge in [0.25, 0.3) is 11.8 Å². The third-order valence-corrected chi connectivity index (χ3v) is 7.85. The molecule has 0 unspecified atom stereocenters. The van der Waals surface area contributed by atoms with Crippen molar-refractivity contribution in [2.75, 3.05) is 18.4 Å². The molecule has 1 aliphatic rings. The minimum absolute atomic E-state index is 0.0827. The minimum atomic E-state index is -0.613. The lowest BCUT2D eigenvalue weighted by Gasteiger charge is -2.31. The van der Waals surface area contributed by atoms with E-state index < -0.39 is 11.7 Å². The molecule has 1 aliphatic heterocycles. The number of halogens is 2. The Labute approximate surface area is 202 Å². The molecule has 1 saturated heterocycles. The number of nitrogens with one attached hydrogen (secondary N) is 1. The van der Waals surface area contributed by atoms with Crippen LogP contribution in [-0.4, -0.2) is 39.8 Å². The van der Waals surface area contributed by atoms with Crippen LogP contribution in [0.25, 0.3) is 10.2 Å². The van der Waals surface area contributed by atoms with Crippen LogP contribution in [0.2, 0.25) is 5.02 Å². The number of hydrogen-bond donors (Lipinski definition) is 1. The fourth-order valence-electron chi connectivity index (χ4n) is 3.86. The SMILES string of the molecule is O=C(Nc1nc2ccccc2s1)c1csc(C2CCN(C(=O)c3c(F)cccc3Cl)CC2)n1. The van der Waals surface area contributed by atoms with E-state index in [1.807, 2.05) is 24.3 Å². The van der Waals surface area contributed by atoms with E-state index in [2.05, 4.69) is 15.3 Å². The zero-order valence-corrected chi connectivity index (χ0v) is 19.6. The highest BCUT2D eigenvalue weighted by atomic mass is 35.5. The smallest absolute Gasteiger partial charge is 0.276 e. The summed E-state index contributed by atoms with van der Waals surface area (Å²) in [4.78, 5) is 36.0. The number of likely N-dealkylation sites (tertiary alicyclic amines) is 1. The summed E-state index contributed by atoms with van der Waals surface area (Å²) in [5.74, 6) is -1.16. The highest BCUT2D eigenvalue weighted by molar-refractivity contribution is 7.22. The Morgan fingerprint density at radius 1 is 1.09 bits per heavy atom. The van der Waals surface area contributed by atoms with Crippen molar-refractivity contribution in [3.63, 3.8) is 0 Å². The summed E-state index contributed by atoms with van der Waals surface area (Å²) in [5, 5.41) is 6.09. The number of nitrogens with zero attached hydrogens (tertiary/aromatic N) is 3. The molecule has 6 nitrogen and oxygen atoms in total. The fraction of sp³-hybridized carbons (Fsp3) is 0.217. The number of aromatic nitrogens is 2. The molecule has 0 bridgehead atoms. The van der Waals surface area contributed by atoms with Crippen LogP contribution in [0.4, 0.5) is 9.52 Å². The number of benzene rings is 2. The van der Waals surface area contributed by atoms with Gasteiger partial charge in [-0.2, -0.15) is 0 Å². The predicted molar refractivity (Wildman–Crippen MR) is 129 cm³/mol. The maximum Gasteiger partial charge on any atom is 0.276 e. The molecule has 0 saturated carbocycles. The number of para-hydroxylation sites is 1. The van der Waals surface area contributed by atoms with Crippen molar-refractivity contribution in [1.82, 2.24) is 14.9 Å². The van der Waals surface area contributed by atoms with Crippen molar-refractivity contribution >= 4 is 61.4 Å². The molecule has 33 heavy (non-hydrogen) atoms. The van der Waals surface area contributed by atoms with Gasteiger partial charge in [-0.1, -0.05) is 41.1 Å². The number of carbonyl (C=O) groups is 2. The third-order valence-electron chi connectivity index (χ3n) is 5.58. The predicted octanol–water partition coefficient (Wildman–Crippen LogP) is 5.82. The minimum Gasteiger partial charge on any atom is -0.338 e. The molecule has 0 radical (unpaired) electrons. The highest BCUT2D eigenvalue weighted by Crippen LogP contribution is 2.32. The average Bonchev–Trinajstić information content (AvgIpc) is 3.46. The Morgan fingerprint density at radius 3 is 2.64 bits per heavy atom. The van der Waals surface area contributed by atoms with Crippen LogP contribution in [-0.2, 0) is 0 Å². The van der Waals surface area contributed by atoms with Crippen LogP contribution >= 0.6 is 34.3 Å². The second-order valence-corrected chi connectivity index (χ2v) is 10.0. The second kappa shape index (κ2) is 9.17. The van der Waals surface area contributed by atoms with Crippen LogP contribution in [0, 0.1) is 5.82 Å². The van der Waals surface area contributed by atoms with E-state index in [-0.39, 0.29) is 22.4 Å². The molecule has 5 rings (SSSR count). The van der Waals surface area contributed by atoms with Crippen molar-refractivity contribution in [3.05, 3.63) is 74.9 Å². The first-order chi connectivity index (χ1) is 16.0. The molecular weight excluding hydrogens is 483 g/mol. The third kappa shape index (κ3) is 4.48. The topological polar surface area (TPSA) is 75.2 Å². The van der Waals surface area contributed by atoms with Gasteiger partial charge in [-0.3, -0.25) is 14.9 Å². The zero-order valence-electron chi connectivity index (χ0n) is 17.3. The van der Waals surface area contributed by atoms with Crippen molar-refractivity contribution in [3.8, 4) is 0 Å². The average molecular weight is 501 g/mol. The van der Waals surface area contributed by atoms with Gasteiger partial charge in [0.2, 0.25) is 0 Å². The summed E-state index contributed by atoms with van der Waals surface area (Å²) < 4.78 is 15.1. The van der Waals surface area contributed by atoms with Crippen LogP contribution in [0.1, 0.15) is 44.6 Å². The van der Waals surface area contributed by atoms with Crippen LogP contribution in [0.5, 0.6) is 0 Å². The van der Waals surface area contributed by atoms with Gasteiger partial charge in [-0.25, -0.2) is 14.4 Å². The number of thiazole rings is 2. The standard InChI is InChI=1S/C23H18ClFN4O2S2/c24-14-4-3-5-15(25)19(14)22(31)29-10-8-13(9-11-29)21-26-17(12-32-21)20(30)28-23-27-16-6-1-2-7-18(16)33-23/h1-7,12-13H,8-11H2,(H,27,28,30). The van der Waals surface area contributed by atoms with Gasteiger partial charge in [0.1, 0.15) is 11.5 Å². The van der Waals surface area contributed by atoms with Crippen molar-refractivity contribution < 1.29 is 14.0 Å². The number of rotatable bonds is 4. The Balaban J connectivity index is 1.22. The van der Waals surface area contributed by atoms with Gasteiger partial charge >= 0.3 is 0 Å². The van der Waals surface area contributed by atoms with Crippen molar-refractivity contribution in [1.29, 1.82) is 0 Å². The molecule has 0 aliphatic carbocycles. The first-order valence-corrected chi connectivity index (χ1v) is 12.4. The van der Waals surface area contributed by atoms with E-state index in [1.165, 1.54) is 40.9 Å². The lowest BCUT2D eigenvalue weighted by Crippen LogP contribution is -2.38. The molecule has 0 atom stereocenters. The maximum atomic E-state index is 14.1. The fourth-order valence-corrected chi connectivity index (χ4v) is 5.93.